The van der Waals surface area contributed by atoms with Crippen LogP contribution in [-0.4, -0.2) is 42.5 Å². The molecule has 0 aliphatic heterocycles. The van der Waals surface area contributed by atoms with Crippen LogP contribution in [0.2, 0.25) is 0 Å². The number of carbonyl (C=O) groups is 2. The lowest BCUT2D eigenvalue weighted by Gasteiger charge is -2.31. The van der Waals surface area contributed by atoms with Gasteiger partial charge in [0, 0.05) is 17.1 Å². The maximum atomic E-state index is 13.2. The highest BCUT2D eigenvalue weighted by atomic mass is 79.9. The Bertz CT molecular complexity index is 897. The fourth-order valence-electron chi connectivity index (χ4n) is 3.88. The molecule has 0 heterocycles. The van der Waals surface area contributed by atoms with Crippen LogP contribution in [0.4, 0.5) is 0 Å². The Labute approximate surface area is 198 Å². The Morgan fingerprint density at radius 1 is 1.09 bits per heavy atom. The average Bonchev–Trinajstić information content (AvgIpc) is 2.81. The molecule has 0 aromatic heterocycles. The van der Waals surface area contributed by atoms with Gasteiger partial charge in [0.2, 0.25) is 5.91 Å². The van der Waals surface area contributed by atoms with Crippen molar-refractivity contribution in [1.29, 1.82) is 0 Å². The molecule has 0 saturated heterocycles. The van der Waals surface area contributed by atoms with E-state index < -0.39 is 6.04 Å². The molecule has 1 atom stereocenters. The molecule has 1 fully saturated rings. The predicted octanol–water partition coefficient (Wildman–Crippen LogP) is 4.70. The van der Waals surface area contributed by atoms with Gasteiger partial charge in [0.25, 0.3) is 5.91 Å². The first kappa shape index (κ1) is 24.1. The van der Waals surface area contributed by atoms with Gasteiger partial charge in [-0.3, -0.25) is 9.59 Å². The first-order chi connectivity index (χ1) is 15.5. The summed E-state index contributed by atoms with van der Waals surface area (Å²) in [6.07, 6.45) is 5.49. The van der Waals surface area contributed by atoms with Gasteiger partial charge >= 0.3 is 0 Å². The van der Waals surface area contributed by atoms with Crippen LogP contribution in [0.15, 0.2) is 53.0 Å². The quantitative estimate of drug-likeness (QED) is 0.539. The minimum Gasteiger partial charge on any atom is -0.497 e. The number of hydrogen-bond acceptors (Lipinski definition) is 4. The van der Waals surface area contributed by atoms with Crippen molar-refractivity contribution < 1.29 is 19.1 Å². The van der Waals surface area contributed by atoms with E-state index >= 15 is 0 Å². The van der Waals surface area contributed by atoms with Crippen LogP contribution >= 0.6 is 15.9 Å². The van der Waals surface area contributed by atoms with Crippen LogP contribution < -0.4 is 14.8 Å². The van der Waals surface area contributed by atoms with Crippen LogP contribution in [-0.2, 0) is 16.1 Å². The maximum absolute atomic E-state index is 13.2. The van der Waals surface area contributed by atoms with Crippen LogP contribution in [0.5, 0.6) is 11.5 Å². The largest absolute Gasteiger partial charge is 0.497 e. The first-order valence-corrected chi connectivity index (χ1v) is 11.9. The third-order valence-electron chi connectivity index (χ3n) is 5.78. The summed E-state index contributed by atoms with van der Waals surface area (Å²) >= 11 is 3.48. The molecule has 3 rings (SSSR count). The summed E-state index contributed by atoms with van der Waals surface area (Å²) in [5.74, 6) is 0.922. The minimum atomic E-state index is -0.608. The van der Waals surface area contributed by atoms with E-state index in [1.165, 1.54) is 6.42 Å². The van der Waals surface area contributed by atoms with Gasteiger partial charge in [-0.25, -0.2) is 0 Å². The number of hydrogen-bond donors (Lipinski definition) is 1. The van der Waals surface area contributed by atoms with E-state index in [0.29, 0.717) is 18.0 Å². The van der Waals surface area contributed by atoms with Gasteiger partial charge in [0.1, 0.15) is 17.5 Å². The molecule has 32 heavy (non-hydrogen) atoms. The molecule has 1 aliphatic carbocycles. The lowest BCUT2D eigenvalue weighted by Crippen LogP contribution is -2.51. The van der Waals surface area contributed by atoms with Crippen molar-refractivity contribution in [3.05, 3.63) is 58.6 Å². The van der Waals surface area contributed by atoms with Crippen LogP contribution in [0.3, 0.4) is 0 Å². The van der Waals surface area contributed by atoms with Gasteiger partial charge < -0.3 is 19.7 Å². The maximum Gasteiger partial charge on any atom is 0.261 e. The third kappa shape index (κ3) is 6.99. The number of benzene rings is 2. The zero-order chi connectivity index (χ0) is 22.9. The fourth-order valence-corrected chi connectivity index (χ4v) is 4.33. The molecule has 1 saturated carbocycles. The Morgan fingerprint density at radius 2 is 1.78 bits per heavy atom. The molecule has 1 N–H and O–H groups in total. The minimum absolute atomic E-state index is 0.121. The number of amides is 2. The van der Waals surface area contributed by atoms with Crippen LogP contribution in [0, 0.1) is 0 Å². The molecule has 2 amide bonds. The molecule has 0 bridgehead atoms. The molecular formula is C25H31BrN2O4. The molecular weight excluding hydrogens is 472 g/mol. The normalized spacial score (nSPS) is 15.0. The van der Waals surface area contributed by atoms with Crippen molar-refractivity contribution in [3.63, 3.8) is 0 Å². The number of halogens is 1. The lowest BCUT2D eigenvalue weighted by atomic mass is 9.95. The topological polar surface area (TPSA) is 67.9 Å². The molecule has 2 aromatic carbocycles. The smallest absolute Gasteiger partial charge is 0.261 e. The number of nitrogens with zero attached hydrogens (tertiary/aromatic N) is 1. The monoisotopic (exact) mass is 502 g/mol. The Kier molecular flexibility index (Phi) is 8.97. The predicted molar refractivity (Wildman–Crippen MR) is 128 cm³/mol. The number of nitrogens with one attached hydrogen (secondary N) is 1. The molecule has 6 nitrogen and oxygen atoms in total. The molecule has 0 unspecified atom stereocenters. The summed E-state index contributed by atoms with van der Waals surface area (Å²) in [6, 6.07) is 14.4. The third-order valence-corrected chi connectivity index (χ3v) is 6.28. The van der Waals surface area contributed by atoms with Crippen LogP contribution in [0.25, 0.3) is 0 Å². The standard InChI is InChI=1S/C25H31BrN2O4/c1-18(25(30)27-21-9-4-3-5-10-21)28(16-19-7-6-8-20(26)15-19)24(29)17-32-23-13-11-22(31-2)12-14-23/h6-8,11-15,18,21H,3-5,9-10,16-17H2,1-2H3,(H,27,30)/t18-/m0/s1. The highest BCUT2D eigenvalue weighted by Crippen LogP contribution is 2.20. The molecule has 0 spiro atoms. The van der Waals surface area contributed by atoms with E-state index in [4.69, 9.17) is 9.47 Å². The van der Waals surface area contributed by atoms with Crippen molar-refractivity contribution in [2.75, 3.05) is 13.7 Å². The Balaban J connectivity index is 1.69. The number of rotatable bonds is 9. The molecule has 2 aromatic rings. The van der Waals surface area contributed by atoms with Gasteiger partial charge in [-0.1, -0.05) is 47.3 Å². The first-order valence-electron chi connectivity index (χ1n) is 11.1. The number of ether oxygens (including phenoxy) is 2. The summed E-state index contributed by atoms with van der Waals surface area (Å²) in [4.78, 5) is 27.7. The second kappa shape index (κ2) is 11.9. The van der Waals surface area contributed by atoms with Crippen molar-refractivity contribution in [3.8, 4) is 11.5 Å². The fraction of sp³-hybridized carbons (Fsp3) is 0.440. The summed E-state index contributed by atoms with van der Waals surface area (Å²) < 4.78 is 11.8. The molecule has 7 heteroatoms. The molecule has 0 radical (unpaired) electrons. The van der Waals surface area contributed by atoms with Crippen molar-refractivity contribution in [2.45, 2.75) is 57.7 Å². The van der Waals surface area contributed by atoms with Gasteiger partial charge in [-0.15, -0.1) is 0 Å². The van der Waals surface area contributed by atoms with Crippen molar-refractivity contribution >= 4 is 27.7 Å². The second-order valence-corrected chi connectivity index (χ2v) is 9.05. The van der Waals surface area contributed by atoms with E-state index in [1.807, 2.05) is 24.3 Å². The zero-order valence-electron chi connectivity index (χ0n) is 18.7. The summed E-state index contributed by atoms with van der Waals surface area (Å²) in [6.45, 7) is 1.95. The Hall–Kier alpha value is -2.54. The van der Waals surface area contributed by atoms with Gasteiger partial charge in [-0.05, 0) is 61.7 Å². The second-order valence-electron chi connectivity index (χ2n) is 8.14. The average molecular weight is 503 g/mol. The highest BCUT2D eigenvalue weighted by Gasteiger charge is 2.28. The van der Waals surface area contributed by atoms with E-state index in [1.54, 1.807) is 43.2 Å². The number of methoxy groups -OCH3 is 1. The van der Waals surface area contributed by atoms with E-state index in [2.05, 4.69) is 21.2 Å². The molecule has 1 aliphatic rings. The lowest BCUT2D eigenvalue weighted by molar-refractivity contribution is -0.142. The summed E-state index contributed by atoms with van der Waals surface area (Å²) in [5, 5.41) is 3.14. The zero-order valence-corrected chi connectivity index (χ0v) is 20.3. The molecule has 172 valence electrons. The van der Waals surface area contributed by atoms with Gasteiger partial charge in [0.15, 0.2) is 6.61 Å². The van der Waals surface area contributed by atoms with Crippen LogP contribution in [0.1, 0.15) is 44.6 Å². The van der Waals surface area contributed by atoms with E-state index in [-0.39, 0.29) is 24.5 Å². The Morgan fingerprint density at radius 3 is 2.44 bits per heavy atom. The van der Waals surface area contributed by atoms with Crippen molar-refractivity contribution in [2.24, 2.45) is 0 Å². The summed E-state index contributed by atoms with van der Waals surface area (Å²) in [7, 11) is 1.60. The highest BCUT2D eigenvalue weighted by molar-refractivity contribution is 9.10. The van der Waals surface area contributed by atoms with Gasteiger partial charge in [0.05, 0.1) is 7.11 Å². The number of carbonyl (C=O) groups excluding carboxylic acids is 2. The van der Waals surface area contributed by atoms with E-state index in [9.17, 15) is 9.59 Å². The van der Waals surface area contributed by atoms with Gasteiger partial charge in [-0.2, -0.15) is 0 Å². The SMILES string of the molecule is COc1ccc(OCC(=O)N(Cc2cccc(Br)c2)[C@@H](C)C(=O)NC2CCCCC2)cc1. The van der Waals surface area contributed by atoms with E-state index in [0.717, 1.165) is 35.7 Å². The summed E-state index contributed by atoms with van der Waals surface area (Å²) in [5.41, 5.74) is 0.939. The van der Waals surface area contributed by atoms with Crippen molar-refractivity contribution in [1.82, 2.24) is 10.2 Å².